The van der Waals surface area contributed by atoms with Gasteiger partial charge in [-0.2, -0.15) is 0 Å². The Morgan fingerprint density at radius 3 is 2.94 bits per heavy atom. The van der Waals surface area contributed by atoms with Crippen LogP contribution in [-0.2, 0) is 29.0 Å². The van der Waals surface area contributed by atoms with Crippen molar-refractivity contribution in [2.45, 2.75) is 40.4 Å². The molecule has 1 aromatic rings. The van der Waals surface area contributed by atoms with Crippen LogP contribution in [0.15, 0.2) is 8.42 Å². The summed E-state index contributed by atoms with van der Waals surface area (Å²) in [6.45, 7) is 4.72. The van der Waals surface area contributed by atoms with Crippen molar-refractivity contribution in [1.29, 1.82) is 0 Å². The van der Waals surface area contributed by atoms with Crippen molar-refractivity contribution in [3.05, 3.63) is 5.56 Å². The van der Waals surface area contributed by atoms with E-state index < -0.39 is 22.5 Å². The van der Waals surface area contributed by atoms with E-state index in [9.17, 15) is 9.11 Å². The van der Waals surface area contributed by atoms with Gasteiger partial charge in [-0.15, -0.1) is 5.14 Å². The van der Waals surface area contributed by atoms with Gasteiger partial charge in [0.05, 0.1) is 11.4 Å². The van der Waals surface area contributed by atoms with Crippen molar-refractivity contribution >= 4 is 39.6 Å². The lowest BCUT2D eigenvalue weighted by Crippen LogP contribution is -2.23. The predicted molar refractivity (Wildman–Crippen MR) is 73.3 cm³/mol. The molecule has 96 valence electrons. The number of thiophene rings is 1. The number of nitrogens with two attached hydrogens (primary N) is 1. The summed E-state index contributed by atoms with van der Waals surface area (Å²) in [5.41, 5.74) is 1.91. The molecule has 0 aliphatic carbocycles. The number of fused-ring (bicyclic) bond motifs is 1. The van der Waals surface area contributed by atoms with E-state index >= 15 is 0 Å². The summed E-state index contributed by atoms with van der Waals surface area (Å²) in [5.74, 6) is 0. The summed E-state index contributed by atoms with van der Waals surface area (Å²) < 4.78 is 25.1. The van der Waals surface area contributed by atoms with Crippen LogP contribution in [0.3, 0.4) is 0 Å². The normalized spacial score (nSPS) is 25.5. The van der Waals surface area contributed by atoms with Crippen LogP contribution in [0.4, 0.5) is 5.69 Å². The molecule has 0 saturated heterocycles. The SMILES string of the molecule is CCNc1c([S+](N)[O-])sc2c1CCC(C)[S+]2[O-]. The number of nitrogens with one attached hydrogen (secondary N) is 1. The summed E-state index contributed by atoms with van der Waals surface area (Å²) in [6.07, 6.45) is 1.80. The summed E-state index contributed by atoms with van der Waals surface area (Å²) in [6, 6.07) is 0. The summed E-state index contributed by atoms with van der Waals surface area (Å²) >= 11 is -1.16. The van der Waals surface area contributed by atoms with Crippen LogP contribution in [-0.4, -0.2) is 20.9 Å². The summed E-state index contributed by atoms with van der Waals surface area (Å²) in [7, 11) is 0. The maximum Gasteiger partial charge on any atom is 0.255 e. The number of anilines is 1. The van der Waals surface area contributed by atoms with Crippen LogP contribution >= 0.6 is 11.3 Å². The van der Waals surface area contributed by atoms with Crippen molar-refractivity contribution in [2.24, 2.45) is 5.14 Å². The Bertz CT molecular complexity index is 409. The smallest absolute Gasteiger partial charge is 0.255 e. The van der Waals surface area contributed by atoms with Gasteiger partial charge in [0.25, 0.3) is 4.21 Å². The lowest BCUT2D eigenvalue weighted by Gasteiger charge is -2.22. The highest BCUT2D eigenvalue weighted by atomic mass is 32.3. The van der Waals surface area contributed by atoms with Crippen molar-refractivity contribution in [2.75, 3.05) is 11.9 Å². The molecule has 0 fully saturated rings. The maximum absolute atomic E-state index is 12.2. The molecule has 2 rings (SSSR count). The Hall–Kier alpha value is 0.0800. The first-order chi connectivity index (χ1) is 8.06. The first kappa shape index (κ1) is 13.5. The molecule has 0 spiro atoms. The fourth-order valence-electron chi connectivity index (χ4n) is 1.95. The zero-order valence-electron chi connectivity index (χ0n) is 9.82. The van der Waals surface area contributed by atoms with E-state index in [0.29, 0.717) is 4.21 Å². The van der Waals surface area contributed by atoms with E-state index in [1.165, 1.54) is 11.3 Å². The van der Waals surface area contributed by atoms with Gasteiger partial charge in [0.1, 0.15) is 10.9 Å². The zero-order chi connectivity index (χ0) is 12.6. The fourth-order valence-corrected chi connectivity index (χ4v) is 6.09. The highest BCUT2D eigenvalue weighted by Crippen LogP contribution is 2.44. The molecular formula is C10H16N2O2S3. The first-order valence-electron chi connectivity index (χ1n) is 5.52. The minimum Gasteiger partial charge on any atom is -0.611 e. The topological polar surface area (TPSA) is 84.2 Å². The highest BCUT2D eigenvalue weighted by Gasteiger charge is 2.37. The molecule has 0 radical (unpaired) electrons. The largest absolute Gasteiger partial charge is 0.611 e. The maximum atomic E-state index is 12.2. The second kappa shape index (κ2) is 5.38. The van der Waals surface area contributed by atoms with Crippen LogP contribution < -0.4 is 10.5 Å². The lowest BCUT2D eigenvalue weighted by molar-refractivity contribution is 0.569. The second-order valence-electron chi connectivity index (χ2n) is 4.00. The molecule has 1 aliphatic heterocycles. The van der Waals surface area contributed by atoms with Gasteiger partial charge in [0.2, 0.25) is 4.21 Å². The van der Waals surface area contributed by atoms with Gasteiger partial charge in [-0.3, -0.25) is 0 Å². The Balaban J connectivity index is 2.47. The van der Waals surface area contributed by atoms with Crippen LogP contribution in [0.5, 0.6) is 0 Å². The van der Waals surface area contributed by atoms with E-state index in [1.807, 2.05) is 13.8 Å². The molecule has 17 heavy (non-hydrogen) atoms. The van der Waals surface area contributed by atoms with E-state index in [4.69, 9.17) is 5.14 Å². The van der Waals surface area contributed by atoms with E-state index in [-0.39, 0.29) is 5.25 Å². The Morgan fingerprint density at radius 2 is 2.35 bits per heavy atom. The molecule has 3 unspecified atom stereocenters. The van der Waals surface area contributed by atoms with Crippen LogP contribution in [0, 0.1) is 0 Å². The number of hydrogen-bond acceptors (Lipinski definition) is 5. The van der Waals surface area contributed by atoms with E-state index in [0.717, 1.165) is 34.8 Å². The number of hydrogen-bond donors (Lipinski definition) is 2. The number of rotatable bonds is 3. The molecule has 4 nitrogen and oxygen atoms in total. The van der Waals surface area contributed by atoms with E-state index in [2.05, 4.69) is 5.32 Å². The molecule has 3 N–H and O–H groups in total. The molecule has 0 aromatic carbocycles. The third-order valence-electron chi connectivity index (χ3n) is 2.82. The zero-order valence-corrected chi connectivity index (χ0v) is 12.3. The van der Waals surface area contributed by atoms with E-state index in [1.54, 1.807) is 0 Å². The van der Waals surface area contributed by atoms with Crippen LogP contribution in [0.25, 0.3) is 0 Å². The van der Waals surface area contributed by atoms with Crippen LogP contribution in [0.1, 0.15) is 25.8 Å². The standard InChI is InChI=1S/C10H16N2O2S3/c1-3-12-8-7-5-4-6(2)16(13)9(7)15-10(8)17(11)14/h6,12H,3-5,11H2,1-2H3. The van der Waals surface area contributed by atoms with Gasteiger partial charge < -0.3 is 14.4 Å². The van der Waals surface area contributed by atoms with Gasteiger partial charge in [0.15, 0.2) is 0 Å². The quantitative estimate of drug-likeness (QED) is 0.829. The predicted octanol–water partition coefficient (Wildman–Crippen LogP) is 1.60. The Kier molecular flexibility index (Phi) is 4.27. The molecule has 0 saturated carbocycles. The fraction of sp³-hybridized carbons (Fsp3) is 0.600. The molecule has 2 heterocycles. The second-order valence-corrected chi connectivity index (χ2v) is 8.35. The van der Waals surface area contributed by atoms with Crippen molar-refractivity contribution < 1.29 is 9.11 Å². The van der Waals surface area contributed by atoms with Gasteiger partial charge >= 0.3 is 0 Å². The highest BCUT2D eigenvalue weighted by molar-refractivity contribution is 7.95. The minimum absolute atomic E-state index is 0.176. The van der Waals surface area contributed by atoms with Crippen molar-refractivity contribution in [3.63, 3.8) is 0 Å². The third-order valence-corrected chi connectivity index (χ3v) is 7.28. The molecule has 1 aliphatic rings. The third kappa shape index (κ3) is 2.45. The molecule has 1 aromatic heterocycles. The minimum atomic E-state index is -1.51. The van der Waals surface area contributed by atoms with Gasteiger partial charge in [-0.1, -0.05) is 0 Å². The molecular weight excluding hydrogens is 276 g/mol. The van der Waals surface area contributed by atoms with Crippen LogP contribution in [0.2, 0.25) is 0 Å². The molecule has 0 bridgehead atoms. The van der Waals surface area contributed by atoms with Crippen molar-refractivity contribution in [3.8, 4) is 0 Å². The average Bonchev–Trinajstić information content (AvgIpc) is 2.64. The summed E-state index contributed by atoms with van der Waals surface area (Å²) in [5, 5.41) is 8.86. The van der Waals surface area contributed by atoms with Gasteiger partial charge in [-0.25, -0.2) is 0 Å². The van der Waals surface area contributed by atoms with Crippen molar-refractivity contribution in [1.82, 2.24) is 0 Å². The van der Waals surface area contributed by atoms with Gasteiger partial charge in [-0.05, 0) is 49.2 Å². The lowest BCUT2D eigenvalue weighted by atomic mass is 10.1. The molecule has 7 heteroatoms. The first-order valence-corrected chi connectivity index (χ1v) is 8.76. The van der Waals surface area contributed by atoms with Gasteiger partial charge in [0, 0.05) is 12.1 Å². The Labute approximate surface area is 111 Å². The Morgan fingerprint density at radius 1 is 1.65 bits per heavy atom. The average molecular weight is 292 g/mol. The molecule has 0 amide bonds. The molecule has 3 atom stereocenters. The monoisotopic (exact) mass is 292 g/mol. The summed E-state index contributed by atoms with van der Waals surface area (Å²) in [4.78, 5) is 0.